The lowest BCUT2D eigenvalue weighted by Crippen LogP contribution is -2.49. The predicted molar refractivity (Wildman–Crippen MR) is 88.7 cm³/mol. The van der Waals surface area contributed by atoms with Crippen LogP contribution >= 0.6 is 0 Å². The maximum Gasteiger partial charge on any atom is 0.328 e. The zero-order chi connectivity index (χ0) is 16.4. The molecule has 0 radical (unpaired) electrons. The summed E-state index contributed by atoms with van der Waals surface area (Å²) in [7, 11) is 1.64. The molecule has 1 N–H and O–H groups in total. The van der Waals surface area contributed by atoms with Crippen LogP contribution in [0.3, 0.4) is 0 Å². The highest BCUT2D eigenvalue weighted by atomic mass is 16.5. The van der Waals surface area contributed by atoms with Gasteiger partial charge in [0.1, 0.15) is 5.75 Å². The fourth-order valence-electron chi connectivity index (χ4n) is 2.79. The second-order valence-electron chi connectivity index (χ2n) is 5.43. The van der Waals surface area contributed by atoms with E-state index in [2.05, 4.69) is 5.32 Å². The third-order valence-corrected chi connectivity index (χ3v) is 4.05. The van der Waals surface area contributed by atoms with Crippen molar-refractivity contribution in [3.05, 3.63) is 48.0 Å². The van der Waals surface area contributed by atoms with Gasteiger partial charge in [-0.1, -0.05) is 24.3 Å². The van der Waals surface area contributed by atoms with Crippen LogP contribution in [-0.2, 0) is 4.79 Å². The van der Waals surface area contributed by atoms with Crippen LogP contribution in [0.5, 0.6) is 5.75 Å². The Morgan fingerprint density at radius 3 is 2.48 bits per heavy atom. The molecule has 118 valence electrons. The van der Waals surface area contributed by atoms with E-state index in [1.165, 1.54) is 0 Å². The number of benzene rings is 2. The van der Waals surface area contributed by atoms with Gasteiger partial charge in [0, 0.05) is 18.7 Å². The average molecular weight is 310 g/mol. The molecule has 5 heteroatoms. The van der Waals surface area contributed by atoms with Crippen LogP contribution in [-0.4, -0.2) is 25.6 Å². The highest BCUT2D eigenvalue weighted by Crippen LogP contribution is 2.32. The van der Waals surface area contributed by atoms with Crippen molar-refractivity contribution in [2.75, 3.05) is 18.6 Å². The largest absolute Gasteiger partial charge is 0.497 e. The molecule has 3 amide bonds. The normalized spacial score (nSPS) is 14.6. The van der Waals surface area contributed by atoms with Crippen molar-refractivity contribution in [1.29, 1.82) is 0 Å². The van der Waals surface area contributed by atoms with E-state index >= 15 is 0 Å². The number of carbonyl (C=O) groups is 2. The molecule has 0 unspecified atom stereocenters. The Morgan fingerprint density at radius 1 is 1.09 bits per heavy atom. The summed E-state index contributed by atoms with van der Waals surface area (Å²) >= 11 is 0. The van der Waals surface area contributed by atoms with Gasteiger partial charge in [-0.05, 0) is 41.8 Å². The van der Waals surface area contributed by atoms with Gasteiger partial charge in [0.15, 0.2) is 0 Å². The summed E-state index contributed by atoms with van der Waals surface area (Å²) in [5.41, 5.74) is 3.93. The van der Waals surface area contributed by atoms with Gasteiger partial charge in [0.25, 0.3) is 0 Å². The standard InChI is InChI=1S/C18H18N2O3/c1-12-15(13-6-8-14(23-2)9-7-13)4-3-5-16(12)20-11-10-17(21)19-18(20)22/h3-9H,10-11H2,1-2H3,(H,19,21,22). The number of ether oxygens (including phenoxy) is 1. The molecule has 0 atom stereocenters. The molecule has 23 heavy (non-hydrogen) atoms. The number of methoxy groups -OCH3 is 1. The number of hydrogen-bond acceptors (Lipinski definition) is 3. The number of amides is 3. The van der Waals surface area contributed by atoms with Crippen molar-refractivity contribution >= 4 is 17.6 Å². The van der Waals surface area contributed by atoms with Crippen LogP contribution in [0.25, 0.3) is 11.1 Å². The second kappa shape index (κ2) is 6.12. The Labute approximate surface area is 134 Å². The topological polar surface area (TPSA) is 58.6 Å². The quantitative estimate of drug-likeness (QED) is 0.947. The maximum atomic E-state index is 12.1. The Morgan fingerprint density at radius 2 is 1.83 bits per heavy atom. The predicted octanol–water partition coefficient (Wildman–Crippen LogP) is 3.12. The van der Waals surface area contributed by atoms with Crippen molar-refractivity contribution in [1.82, 2.24) is 5.32 Å². The molecule has 5 nitrogen and oxygen atoms in total. The zero-order valence-electron chi connectivity index (χ0n) is 13.1. The highest BCUT2D eigenvalue weighted by molar-refractivity contribution is 6.06. The van der Waals surface area contributed by atoms with Crippen LogP contribution in [0, 0.1) is 6.92 Å². The Bertz CT molecular complexity index is 753. The van der Waals surface area contributed by atoms with E-state index in [1.54, 1.807) is 12.0 Å². The number of anilines is 1. The molecule has 2 aromatic rings. The van der Waals surface area contributed by atoms with Crippen LogP contribution in [0.1, 0.15) is 12.0 Å². The number of nitrogens with zero attached hydrogens (tertiary/aromatic N) is 1. The summed E-state index contributed by atoms with van der Waals surface area (Å²) in [5.74, 6) is 0.576. The SMILES string of the molecule is COc1ccc(-c2cccc(N3CCC(=O)NC3=O)c2C)cc1. The van der Waals surface area contributed by atoms with Crippen molar-refractivity contribution in [3.8, 4) is 16.9 Å². The summed E-state index contributed by atoms with van der Waals surface area (Å²) in [5, 5.41) is 2.36. The van der Waals surface area contributed by atoms with E-state index in [-0.39, 0.29) is 11.9 Å². The molecule has 3 rings (SSSR count). The smallest absolute Gasteiger partial charge is 0.328 e. The summed E-state index contributed by atoms with van der Waals surface area (Å²) in [6, 6.07) is 13.3. The molecule has 1 heterocycles. The van der Waals surface area contributed by atoms with E-state index < -0.39 is 0 Å². The van der Waals surface area contributed by atoms with E-state index in [0.29, 0.717) is 13.0 Å². The van der Waals surface area contributed by atoms with E-state index in [9.17, 15) is 9.59 Å². The van der Waals surface area contributed by atoms with Gasteiger partial charge in [-0.3, -0.25) is 15.0 Å². The second-order valence-corrected chi connectivity index (χ2v) is 5.43. The molecule has 0 spiro atoms. The molecular weight excluding hydrogens is 292 g/mol. The Balaban J connectivity index is 1.97. The van der Waals surface area contributed by atoms with Crippen LogP contribution in [0.15, 0.2) is 42.5 Å². The molecular formula is C18H18N2O3. The summed E-state index contributed by atoms with van der Waals surface area (Å²) < 4.78 is 5.19. The molecule has 0 aromatic heterocycles. The van der Waals surface area contributed by atoms with Gasteiger partial charge in [-0.25, -0.2) is 4.79 Å². The Hall–Kier alpha value is -2.82. The lowest BCUT2D eigenvalue weighted by Gasteiger charge is -2.28. The lowest BCUT2D eigenvalue weighted by atomic mass is 9.98. The number of nitrogens with one attached hydrogen (secondary N) is 1. The minimum Gasteiger partial charge on any atom is -0.497 e. The fourth-order valence-corrected chi connectivity index (χ4v) is 2.79. The summed E-state index contributed by atoms with van der Waals surface area (Å²) in [6.45, 7) is 2.39. The van der Waals surface area contributed by atoms with Crippen molar-refractivity contribution in [2.24, 2.45) is 0 Å². The van der Waals surface area contributed by atoms with E-state index in [4.69, 9.17) is 4.74 Å². The Kier molecular flexibility index (Phi) is 4.02. The first-order chi connectivity index (χ1) is 11.1. The number of urea groups is 1. The molecule has 0 aliphatic carbocycles. The third-order valence-electron chi connectivity index (χ3n) is 4.05. The first kappa shape index (κ1) is 15.1. The van der Waals surface area contributed by atoms with E-state index in [0.717, 1.165) is 28.1 Å². The molecule has 2 aromatic carbocycles. The third kappa shape index (κ3) is 2.90. The number of hydrogen-bond donors (Lipinski definition) is 1. The minimum absolute atomic E-state index is 0.227. The van der Waals surface area contributed by atoms with Crippen LogP contribution in [0.4, 0.5) is 10.5 Å². The fraction of sp³-hybridized carbons (Fsp3) is 0.222. The van der Waals surface area contributed by atoms with Crippen molar-refractivity contribution in [3.63, 3.8) is 0 Å². The van der Waals surface area contributed by atoms with Crippen LogP contribution < -0.4 is 15.0 Å². The molecule has 1 saturated heterocycles. The summed E-state index contributed by atoms with van der Waals surface area (Å²) in [4.78, 5) is 25.0. The maximum absolute atomic E-state index is 12.1. The molecule has 1 aliphatic heterocycles. The van der Waals surface area contributed by atoms with E-state index in [1.807, 2.05) is 49.4 Å². The first-order valence-electron chi connectivity index (χ1n) is 7.45. The number of imide groups is 1. The first-order valence-corrected chi connectivity index (χ1v) is 7.45. The van der Waals surface area contributed by atoms with Crippen LogP contribution in [0.2, 0.25) is 0 Å². The molecule has 1 aliphatic rings. The monoisotopic (exact) mass is 310 g/mol. The van der Waals surface area contributed by atoms with Crippen molar-refractivity contribution < 1.29 is 14.3 Å². The van der Waals surface area contributed by atoms with Gasteiger partial charge in [-0.2, -0.15) is 0 Å². The number of rotatable bonds is 3. The van der Waals surface area contributed by atoms with Gasteiger partial charge < -0.3 is 4.74 Å². The summed E-state index contributed by atoms with van der Waals surface area (Å²) in [6.07, 6.45) is 0.317. The molecule has 0 saturated carbocycles. The number of carbonyl (C=O) groups excluding carboxylic acids is 2. The minimum atomic E-state index is -0.365. The van der Waals surface area contributed by atoms with Gasteiger partial charge in [0.05, 0.1) is 7.11 Å². The lowest BCUT2D eigenvalue weighted by molar-refractivity contribution is -0.120. The van der Waals surface area contributed by atoms with Gasteiger partial charge >= 0.3 is 6.03 Å². The molecule has 1 fully saturated rings. The molecule has 0 bridgehead atoms. The van der Waals surface area contributed by atoms with Gasteiger partial charge in [0.2, 0.25) is 5.91 Å². The van der Waals surface area contributed by atoms with Gasteiger partial charge in [-0.15, -0.1) is 0 Å². The van der Waals surface area contributed by atoms with Crippen molar-refractivity contribution in [2.45, 2.75) is 13.3 Å². The highest BCUT2D eigenvalue weighted by Gasteiger charge is 2.25. The zero-order valence-corrected chi connectivity index (χ0v) is 13.1. The average Bonchev–Trinajstić information content (AvgIpc) is 2.56.